The van der Waals surface area contributed by atoms with E-state index < -0.39 is 5.91 Å². The second-order valence-corrected chi connectivity index (χ2v) is 5.99. The van der Waals surface area contributed by atoms with Crippen LogP contribution in [0.2, 0.25) is 0 Å². The van der Waals surface area contributed by atoms with Crippen molar-refractivity contribution in [2.75, 3.05) is 7.11 Å². The molecular weight excluding hydrogens is 312 g/mol. The molecule has 2 rings (SSSR count). The SMILES string of the molecule is COc1ccc(C(C)C)cc1/C=C(\C#N)C(=O)NCc1ccccc1. The van der Waals surface area contributed by atoms with E-state index in [0.29, 0.717) is 18.2 Å². The van der Waals surface area contributed by atoms with Gasteiger partial charge in [-0.3, -0.25) is 4.79 Å². The van der Waals surface area contributed by atoms with E-state index in [1.165, 1.54) is 0 Å². The Bertz CT molecular complexity index is 802. The molecule has 0 aromatic heterocycles. The first-order valence-corrected chi connectivity index (χ1v) is 8.17. The Morgan fingerprint density at radius 2 is 1.96 bits per heavy atom. The monoisotopic (exact) mass is 334 g/mol. The van der Waals surface area contributed by atoms with Crippen LogP contribution in [-0.4, -0.2) is 13.0 Å². The van der Waals surface area contributed by atoms with Gasteiger partial charge in [0, 0.05) is 12.1 Å². The highest BCUT2D eigenvalue weighted by atomic mass is 16.5. The second-order valence-electron chi connectivity index (χ2n) is 5.99. The molecule has 0 aliphatic carbocycles. The van der Waals surface area contributed by atoms with Crippen molar-refractivity contribution in [3.63, 3.8) is 0 Å². The molecule has 1 amide bonds. The van der Waals surface area contributed by atoms with Crippen molar-refractivity contribution in [1.82, 2.24) is 5.32 Å². The summed E-state index contributed by atoms with van der Waals surface area (Å²) < 4.78 is 5.35. The number of hydrogen-bond donors (Lipinski definition) is 1. The number of carbonyl (C=O) groups is 1. The molecule has 0 saturated heterocycles. The summed E-state index contributed by atoms with van der Waals surface area (Å²) in [6.45, 7) is 4.56. The molecule has 0 aliphatic rings. The molecule has 0 spiro atoms. The molecular formula is C21H22N2O2. The standard InChI is InChI=1S/C21H22N2O2/c1-15(2)17-9-10-20(25-3)18(11-17)12-19(13-22)21(24)23-14-16-7-5-4-6-8-16/h4-12,15H,14H2,1-3H3,(H,23,24)/b19-12+. The summed E-state index contributed by atoms with van der Waals surface area (Å²) >= 11 is 0. The fourth-order valence-corrected chi connectivity index (χ4v) is 2.40. The van der Waals surface area contributed by atoms with Gasteiger partial charge >= 0.3 is 0 Å². The zero-order chi connectivity index (χ0) is 18.2. The lowest BCUT2D eigenvalue weighted by molar-refractivity contribution is -0.117. The van der Waals surface area contributed by atoms with E-state index in [9.17, 15) is 10.1 Å². The Morgan fingerprint density at radius 3 is 2.56 bits per heavy atom. The number of benzene rings is 2. The van der Waals surface area contributed by atoms with Crippen molar-refractivity contribution >= 4 is 12.0 Å². The van der Waals surface area contributed by atoms with Gasteiger partial charge in [-0.05, 0) is 35.3 Å². The lowest BCUT2D eigenvalue weighted by Gasteiger charge is -2.11. The number of nitrogens with zero attached hydrogens (tertiary/aromatic N) is 1. The van der Waals surface area contributed by atoms with E-state index in [2.05, 4.69) is 19.2 Å². The van der Waals surface area contributed by atoms with Crippen LogP contribution in [0.4, 0.5) is 0 Å². The summed E-state index contributed by atoms with van der Waals surface area (Å²) in [5.41, 5.74) is 2.87. The van der Waals surface area contributed by atoms with Crippen LogP contribution < -0.4 is 10.1 Å². The third-order valence-electron chi connectivity index (χ3n) is 3.88. The largest absolute Gasteiger partial charge is 0.496 e. The minimum atomic E-state index is -0.400. The van der Waals surface area contributed by atoms with Crippen LogP contribution in [0.15, 0.2) is 54.1 Å². The Balaban J connectivity index is 2.22. The van der Waals surface area contributed by atoms with Gasteiger partial charge < -0.3 is 10.1 Å². The van der Waals surface area contributed by atoms with Crippen molar-refractivity contribution in [2.24, 2.45) is 0 Å². The Hall–Kier alpha value is -3.06. The molecule has 0 bridgehead atoms. The number of nitrogens with one attached hydrogen (secondary N) is 1. The van der Waals surface area contributed by atoms with Gasteiger partial charge in [0.2, 0.25) is 0 Å². The van der Waals surface area contributed by atoms with Gasteiger partial charge in [-0.2, -0.15) is 5.26 Å². The van der Waals surface area contributed by atoms with Gasteiger partial charge in [-0.25, -0.2) is 0 Å². The third kappa shape index (κ3) is 4.95. The molecule has 0 saturated carbocycles. The number of hydrogen-bond acceptors (Lipinski definition) is 3. The van der Waals surface area contributed by atoms with Gasteiger partial charge in [0.25, 0.3) is 5.91 Å². The van der Waals surface area contributed by atoms with Crippen molar-refractivity contribution < 1.29 is 9.53 Å². The zero-order valence-electron chi connectivity index (χ0n) is 14.7. The first-order valence-electron chi connectivity index (χ1n) is 8.17. The fraction of sp³-hybridized carbons (Fsp3) is 0.238. The maximum Gasteiger partial charge on any atom is 0.262 e. The fourth-order valence-electron chi connectivity index (χ4n) is 2.40. The predicted molar refractivity (Wildman–Crippen MR) is 99.0 cm³/mol. The second kappa shape index (κ2) is 8.70. The van der Waals surface area contributed by atoms with Gasteiger partial charge in [0.1, 0.15) is 17.4 Å². The minimum absolute atomic E-state index is 0.0511. The van der Waals surface area contributed by atoms with E-state index in [0.717, 1.165) is 16.7 Å². The van der Waals surface area contributed by atoms with Crippen molar-refractivity contribution in [3.8, 4) is 11.8 Å². The molecule has 0 atom stereocenters. The summed E-state index contributed by atoms with van der Waals surface area (Å²) in [5, 5.41) is 12.2. The number of amides is 1. The topological polar surface area (TPSA) is 62.1 Å². The van der Waals surface area contributed by atoms with Gasteiger partial charge in [-0.15, -0.1) is 0 Å². The van der Waals surface area contributed by atoms with E-state index >= 15 is 0 Å². The summed E-state index contributed by atoms with van der Waals surface area (Å²) in [4.78, 5) is 12.3. The molecule has 4 heteroatoms. The Morgan fingerprint density at radius 1 is 1.24 bits per heavy atom. The normalized spacial score (nSPS) is 11.1. The van der Waals surface area contributed by atoms with Crippen molar-refractivity contribution in [3.05, 3.63) is 70.8 Å². The van der Waals surface area contributed by atoms with E-state index in [-0.39, 0.29) is 5.57 Å². The molecule has 0 heterocycles. The van der Waals surface area contributed by atoms with E-state index in [1.807, 2.05) is 54.6 Å². The maximum atomic E-state index is 12.3. The van der Waals surface area contributed by atoms with Crippen LogP contribution in [0.5, 0.6) is 5.75 Å². The van der Waals surface area contributed by atoms with Crippen LogP contribution >= 0.6 is 0 Å². The summed E-state index contributed by atoms with van der Waals surface area (Å²) in [5.74, 6) is 0.576. The summed E-state index contributed by atoms with van der Waals surface area (Å²) in [6.07, 6.45) is 1.57. The van der Waals surface area contributed by atoms with Gasteiger partial charge in [-0.1, -0.05) is 50.2 Å². The number of nitriles is 1. The van der Waals surface area contributed by atoms with Crippen LogP contribution in [0.25, 0.3) is 6.08 Å². The number of methoxy groups -OCH3 is 1. The lowest BCUT2D eigenvalue weighted by atomic mass is 9.99. The molecule has 1 N–H and O–H groups in total. The van der Waals surface area contributed by atoms with Crippen LogP contribution in [0, 0.1) is 11.3 Å². The van der Waals surface area contributed by atoms with Crippen LogP contribution in [0.1, 0.15) is 36.5 Å². The number of rotatable bonds is 6. The van der Waals surface area contributed by atoms with Gasteiger partial charge in [0.05, 0.1) is 7.11 Å². The highest BCUT2D eigenvalue weighted by Crippen LogP contribution is 2.26. The van der Waals surface area contributed by atoms with Crippen LogP contribution in [-0.2, 0) is 11.3 Å². The molecule has 2 aromatic carbocycles. The number of ether oxygens (including phenoxy) is 1. The summed E-state index contributed by atoms with van der Waals surface area (Å²) in [7, 11) is 1.57. The average Bonchev–Trinajstić information content (AvgIpc) is 2.64. The smallest absolute Gasteiger partial charge is 0.262 e. The Kier molecular flexibility index (Phi) is 6.36. The number of carbonyl (C=O) groups excluding carboxylic acids is 1. The van der Waals surface area contributed by atoms with E-state index in [1.54, 1.807) is 13.2 Å². The first kappa shape index (κ1) is 18.3. The molecule has 0 fully saturated rings. The highest BCUT2D eigenvalue weighted by molar-refractivity contribution is 6.01. The predicted octanol–water partition coefficient (Wildman–Crippen LogP) is 4.04. The highest BCUT2D eigenvalue weighted by Gasteiger charge is 2.12. The summed E-state index contributed by atoms with van der Waals surface area (Å²) in [6, 6.07) is 17.4. The van der Waals surface area contributed by atoms with Gasteiger partial charge in [0.15, 0.2) is 0 Å². The molecule has 2 aromatic rings. The molecule has 0 radical (unpaired) electrons. The molecule has 0 aliphatic heterocycles. The van der Waals surface area contributed by atoms with Crippen LogP contribution in [0.3, 0.4) is 0 Å². The quantitative estimate of drug-likeness (QED) is 0.640. The van der Waals surface area contributed by atoms with E-state index in [4.69, 9.17) is 4.74 Å². The minimum Gasteiger partial charge on any atom is -0.496 e. The van der Waals surface area contributed by atoms with Crippen molar-refractivity contribution in [1.29, 1.82) is 5.26 Å². The Labute approximate surface area is 148 Å². The van der Waals surface area contributed by atoms with Crippen molar-refractivity contribution in [2.45, 2.75) is 26.3 Å². The lowest BCUT2D eigenvalue weighted by Crippen LogP contribution is -2.23. The molecule has 4 nitrogen and oxygen atoms in total. The molecule has 128 valence electrons. The molecule has 0 unspecified atom stereocenters. The third-order valence-corrected chi connectivity index (χ3v) is 3.88. The average molecular weight is 334 g/mol. The zero-order valence-corrected chi connectivity index (χ0v) is 14.7. The maximum absolute atomic E-state index is 12.3. The molecule has 25 heavy (non-hydrogen) atoms. The first-order chi connectivity index (χ1) is 12.0.